The van der Waals surface area contributed by atoms with Crippen LogP contribution in [0, 0.1) is 13.8 Å². The van der Waals surface area contributed by atoms with E-state index in [-0.39, 0.29) is 0 Å². The molecule has 7 heteroatoms. The third kappa shape index (κ3) is 3.24. The van der Waals surface area contributed by atoms with Crippen LogP contribution in [0.2, 0.25) is 0 Å². The van der Waals surface area contributed by atoms with Crippen LogP contribution in [-0.2, 0) is 14.8 Å². The Morgan fingerprint density at radius 3 is 2.26 bits per heavy atom. The van der Waals surface area contributed by atoms with E-state index >= 15 is 0 Å². The van der Waals surface area contributed by atoms with E-state index in [1.165, 1.54) is 0 Å². The van der Waals surface area contributed by atoms with Gasteiger partial charge in [0.15, 0.2) is 0 Å². The van der Waals surface area contributed by atoms with E-state index < -0.39 is 10.0 Å². The fraction of sp³-hybridized carbons (Fsp3) is 0.500. The van der Waals surface area contributed by atoms with Crippen LogP contribution in [0.3, 0.4) is 0 Å². The van der Waals surface area contributed by atoms with Gasteiger partial charge in [0.25, 0.3) is 10.0 Å². The van der Waals surface area contributed by atoms with Gasteiger partial charge in [-0.25, -0.2) is 13.4 Å². The molecule has 1 aliphatic heterocycles. The first kappa shape index (κ1) is 14.3. The summed E-state index contributed by atoms with van der Waals surface area (Å²) in [4.78, 5) is 2.90. The highest BCUT2D eigenvalue weighted by atomic mass is 32.2. The summed E-state index contributed by atoms with van der Waals surface area (Å²) in [5, 5.41) is 1.66. The Kier molecular flexibility index (Phi) is 4.10. The van der Waals surface area contributed by atoms with E-state index in [0.717, 1.165) is 0 Å². The van der Waals surface area contributed by atoms with Crippen molar-refractivity contribution in [2.45, 2.75) is 18.7 Å². The van der Waals surface area contributed by atoms with Crippen LogP contribution in [-0.4, -0.2) is 39.7 Å². The minimum absolute atomic E-state index is 0.299. The zero-order chi connectivity index (χ0) is 14.0. The number of nitrogen functional groups attached to an aromatic ring is 1. The number of rotatable bonds is 3. The topological polar surface area (TPSA) is 84.7 Å². The number of sulfonamides is 1. The molecule has 0 bridgehead atoms. The molecule has 2 rings (SSSR count). The number of anilines is 1. The second kappa shape index (κ2) is 5.46. The molecule has 0 saturated carbocycles. The standard InChI is InChI=1S/C12H19N3O3S/c1-9-7-11(13)8-10(2)12(9)19(16,17)14-15-3-5-18-6-4-15/h7-8,14H,3-6,13H2,1-2H3. The van der Waals surface area contributed by atoms with E-state index in [9.17, 15) is 8.42 Å². The molecular formula is C12H19N3O3S. The number of nitrogens with one attached hydrogen (secondary N) is 1. The number of ether oxygens (including phenoxy) is 1. The molecule has 0 aliphatic carbocycles. The van der Waals surface area contributed by atoms with Crippen molar-refractivity contribution in [2.24, 2.45) is 0 Å². The molecule has 1 aliphatic rings. The van der Waals surface area contributed by atoms with Crippen LogP contribution in [0.15, 0.2) is 17.0 Å². The quantitative estimate of drug-likeness (QED) is 0.786. The smallest absolute Gasteiger partial charge is 0.253 e. The molecule has 0 atom stereocenters. The molecule has 19 heavy (non-hydrogen) atoms. The predicted octanol–water partition coefficient (Wildman–Crippen LogP) is 0.411. The molecule has 1 fully saturated rings. The number of morpholine rings is 1. The van der Waals surface area contributed by atoms with E-state index in [0.29, 0.717) is 48.0 Å². The lowest BCUT2D eigenvalue weighted by Gasteiger charge is -2.27. The maximum atomic E-state index is 12.4. The van der Waals surface area contributed by atoms with Crippen molar-refractivity contribution in [1.82, 2.24) is 9.84 Å². The average Bonchev–Trinajstić information content (AvgIpc) is 2.27. The van der Waals surface area contributed by atoms with Gasteiger partial charge >= 0.3 is 0 Å². The number of nitrogens with zero attached hydrogens (tertiary/aromatic N) is 1. The zero-order valence-corrected chi connectivity index (χ0v) is 12.0. The third-order valence-corrected chi connectivity index (χ3v) is 4.69. The van der Waals surface area contributed by atoms with Crippen molar-refractivity contribution in [3.63, 3.8) is 0 Å². The monoisotopic (exact) mass is 285 g/mol. The zero-order valence-electron chi connectivity index (χ0n) is 11.1. The van der Waals surface area contributed by atoms with Crippen molar-refractivity contribution in [3.8, 4) is 0 Å². The Balaban J connectivity index is 2.29. The van der Waals surface area contributed by atoms with Crippen molar-refractivity contribution in [1.29, 1.82) is 0 Å². The highest BCUT2D eigenvalue weighted by molar-refractivity contribution is 7.89. The molecule has 6 nitrogen and oxygen atoms in total. The Labute approximate surface area is 113 Å². The summed E-state index contributed by atoms with van der Waals surface area (Å²) in [5.74, 6) is 0. The molecule has 3 N–H and O–H groups in total. The van der Waals surface area contributed by atoms with Gasteiger partial charge in [0.1, 0.15) is 0 Å². The van der Waals surface area contributed by atoms with Crippen LogP contribution in [0.25, 0.3) is 0 Å². The Morgan fingerprint density at radius 1 is 1.21 bits per heavy atom. The molecule has 106 valence electrons. The van der Waals surface area contributed by atoms with Crippen LogP contribution >= 0.6 is 0 Å². The second-order valence-electron chi connectivity index (χ2n) is 4.68. The number of aryl methyl sites for hydroxylation is 2. The second-order valence-corrected chi connectivity index (χ2v) is 6.28. The first-order valence-electron chi connectivity index (χ1n) is 6.12. The molecule has 0 spiro atoms. The molecule has 1 heterocycles. The summed E-state index contributed by atoms with van der Waals surface area (Å²) >= 11 is 0. The van der Waals surface area contributed by atoms with Crippen molar-refractivity contribution < 1.29 is 13.2 Å². The van der Waals surface area contributed by atoms with Gasteiger partial charge in [-0.1, -0.05) is 0 Å². The molecule has 0 unspecified atom stereocenters. The first-order chi connectivity index (χ1) is 8.90. The van der Waals surface area contributed by atoms with Crippen LogP contribution in [0.5, 0.6) is 0 Å². The fourth-order valence-corrected chi connectivity index (χ4v) is 3.86. The number of hydrazine groups is 1. The highest BCUT2D eigenvalue weighted by Gasteiger charge is 2.23. The predicted molar refractivity (Wildman–Crippen MR) is 73.0 cm³/mol. The van der Waals surface area contributed by atoms with Crippen LogP contribution < -0.4 is 10.6 Å². The van der Waals surface area contributed by atoms with Crippen LogP contribution in [0.4, 0.5) is 5.69 Å². The third-order valence-electron chi connectivity index (χ3n) is 3.01. The van der Waals surface area contributed by atoms with Crippen molar-refractivity contribution in [3.05, 3.63) is 23.3 Å². The lowest BCUT2D eigenvalue weighted by molar-refractivity contribution is 0.0272. The van der Waals surface area contributed by atoms with Gasteiger partial charge in [0, 0.05) is 18.8 Å². The SMILES string of the molecule is Cc1cc(N)cc(C)c1S(=O)(=O)NN1CCOCC1. The normalized spacial score (nSPS) is 17.6. The van der Waals surface area contributed by atoms with E-state index in [4.69, 9.17) is 10.5 Å². The number of benzene rings is 1. The lowest BCUT2D eigenvalue weighted by Crippen LogP contribution is -2.48. The average molecular weight is 285 g/mol. The maximum Gasteiger partial charge on any atom is 0.253 e. The summed E-state index contributed by atoms with van der Waals surface area (Å²) < 4.78 is 30.0. The van der Waals surface area contributed by atoms with Gasteiger partial charge in [-0.05, 0) is 37.1 Å². The Morgan fingerprint density at radius 2 is 1.74 bits per heavy atom. The Hall–Kier alpha value is -1.15. The molecule has 0 amide bonds. The number of hydrogen-bond acceptors (Lipinski definition) is 5. The van der Waals surface area contributed by atoms with Crippen molar-refractivity contribution in [2.75, 3.05) is 32.0 Å². The van der Waals surface area contributed by atoms with Gasteiger partial charge in [0.2, 0.25) is 0 Å². The van der Waals surface area contributed by atoms with E-state index in [1.807, 2.05) is 0 Å². The fourth-order valence-electron chi connectivity index (χ4n) is 2.28. The molecular weight excluding hydrogens is 266 g/mol. The summed E-state index contributed by atoms with van der Waals surface area (Å²) in [6, 6.07) is 3.34. The summed E-state index contributed by atoms with van der Waals surface area (Å²) in [7, 11) is -3.57. The highest BCUT2D eigenvalue weighted by Crippen LogP contribution is 2.23. The lowest BCUT2D eigenvalue weighted by atomic mass is 10.1. The number of hydrogen-bond donors (Lipinski definition) is 2. The molecule has 1 aromatic carbocycles. The molecule has 0 aromatic heterocycles. The molecule has 1 aromatic rings. The van der Waals surface area contributed by atoms with Gasteiger partial charge in [-0.3, -0.25) is 0 Å². The van der Waals surface area contributed by atoms with Gasteiger partial charge < -0.3 is 10.5 Å². The van der Waals surface area contributed by atoms with Gasteiger partial charge in [-0.15, -0.1) is 4.83 Å². The van der Waals surface area contributed by atoms with Gasteiger partial charge in [-0.2, -0.15) is 0 Å². The first-order valence-corrected chi connectivity index (χ1v) is 7.60. The number of nitrogens with two attached hydrogens (primary N) is 1. The largest absolute Gasteiger partial charge is 0.399 e. The minimum Gasteiger partial charge on any atom is -0.399 e. The summed E-state index contributed by atoms with van der Waals surface area (Å²) in [6.07, 6.45) is 0. The maximum absolute atomic E-state index is 12.4. The Bertz CT molecular complexity index is 543. The van der Waals surface area contributed by atoms with Crippen LogP contribution in [0.1, 0.15) is 11.1 Å². The summed E-state index contributed by atoms with van der Waals surface area (Å²) in [5.41, 5.74) is 7.59. The minimum atomic E-state index is -3.57. The molecule has 0 radical (unpaired) electrons. The van der Waals surface area contributed by atoms with Crippen molar-refractivity contribution >= 4 is 15.7 Å². The summed E-state index contributed by atoms with van der Waals surface area (Å²) in [6.45, 7) is 5.65. The van der Waals surface area contributed by atoms with E-state index in [2.05, 4.69) is 4.83 Å². The molecule has 1 saturated heterocycles. The van der Waals surface area contributed by atoms with E-state index in [1.54, 1.807) is 31.0 Å². The van der Waals surface area contributed by atoms with Gasteiger partial charge in [0.05, 0.1) is 18.1 Å².